The predicted molar refractivity (Wildman–Crippen MR) is 62.1 cm³/mol. The first-order valence-electron chi connectivity index (χ1n) is 4.52. The van der Waals surface area contributed by atoms with E-state index in [1.54, 1.807) is 0 Å². The molecule has 0 aliphatic rings. The molecule has 88 valence electrons. The summed E-state index contributed by atoms with van der Waals surface area (Å²) in [5.41, 5.74) is 4.41. The molecule has 0 saturated heterocycles. The van der Waals surface area contributed by atoms with E-state index in [0.717, 1.165) is 0 Å². The average molecular weight is 296 g/mol. The Morgan fingerprint density at radius 1 is 1.27 bits per heavy atom. The zero-order valence-corrected chi connectivity index (χ0v) is 12.2. The Labute approximate surface area is 98.3 Å². The van der Waals surface area contributed by atoms with E-state index in [0.29, 0.717) is 5.75 Å². The maximum absolute atomic E-state index is 10.8. The van der Waals surface area contributed by atoms with Crippen LogP contribution in [-0.4, -0.2) is 43.9 Å². The van der Waals surface area contributed by atoms with Crippen molar-refractivity contribution >= 4 is 35.5 Å². The van der Waals surface area contributed by atoms with Crippen molar-refractivity contribution in [3.8, 4) is 0 Å². The van der Waals surface area contributed by atoms with Crippen molar-refractivity contribution < 1.29 is 19.1 Å². The molecule has 0 aromatic heterocycles. The van der Waals surface area contributed by atoms with Crippen LogP contribution in [0.2, 0.25) is 11.4 Å². The first kappa shape index (κ1) is 14.8. The normalized spacial score (nSPS) is 12.3. The van der Waals surface area contributed by atoms with Crippen LogP contribution in [0.1, 0.15) is 13.8 Å². The summed E-state index contributed by atoms with van der Waals surface area (Å²) >= 11 is -0.796. The fraction of sp³-hybridized carbons (Fsp3) is 0.778. The van der Waals surface area contributed by atoms with Gasteiger partial charge in [0, 0.05) is 0 Å². The van der Waals surface area contributed by atoms with E-state index in [4.69, 9.17) is 9.47 Å². The van der Waals surface area contributed by atoms with Crippen molar-refractivity contribution in [1.29, 1.82) is 0 Å². The second-order valence-electron chi connectivity index (χ2n) is 3.14. The Kier molecular flexibility index (Phi) is 7.97. The summed E-state index contributed by atoms with van der Waals surface area (Å²) in [6.45, 7) is 2.86. The summed E-state index contributed by atoms with van der Waals surface area (Å²) in [5, 5.41) is 0. The average Bonchev–Trinajstić information content (AvgIpc) is 2.08. The second kappa shape index (κ2) is 8.05. The minimum atomic E-state index is -0.796. The topological polar surface area (TPSA) is 52.6 Å². The summed E-state index contributed by atoms with van der Waals surface area (Å²) in [6.07, 6.45) is -0.312. The molecule has 0 aliphatic heterocycles. The van der Waals surface area contributed by atoms with E-state index in [-0.39, 0.29) is 24.6 Å². The number of carbonyl (C=O) groups excluding carboxylic acids is 2. The Morgan fingerprint density at radius 3 is 2.27 bits per heavy atom. The van der Waals surface area contributed by atoms with Gasteiger partial charge in [-0.15, -0.1) is 0 Å². The molecule has 0 saturated carbocycles. The Hall–Kier alpha value is -0.152. The number of hydrogen-bond donors (Lipinski definition) is 0. The Balaban J connectivity index is 3.94. The van der Waals surface area contributed by atoms with E-state index >= 15 is 0 Å². The third kappa shape index (κ3) is 10.1. The van der Waals surface area contributed by atoms with E-state index in [1.165, 1.54) is 13.8 Å². The van der Waals surface area contributed by atoms with Gasteiger partial charge in [0.1, 0.15) is 0 Å². The molecular formula is C9H17AsO4S. The standard InChI is InChI=1S/C9H17AsO4S/c1-7(11)13-5-9(14-8(2)12)6-15-10(3)4/h9H,5-6H2,1-4H3. The van der Waals surface area contributed by atoms with Gasteiger partial charge in [0.25, 0.3) is 0 Å². The molecule has 1 unspecified atom stereocenters. The van der Waals surface area contributed by atoms with E-state index in [9.17, 15) is 9.59 Å². The molecule has 0 N–H and O–H groups in total. The van der Waals surface area contributed by atoms with Gasteiger partial charge < -0.3 is 0 Å². The number of carbonyl (C=O) groups is 2. The molecule has 0 radical (unpaired) electrons. The van der Waals surface area contributed by atoms with Gasteiger partial charge in [0.05, 0.1) is 0 Å². The maximum atomic E-state index is 10.8. The van der Waals surface area contributed by atoms with Crippen LogP contribution in [0.4, 0.5) is 0 Å². The molecule has 1 atom stereocenters. The molecule has 6 heteroatoms. The van der Waals surface area contributed by atoms with Crippen LogP contribution in [-0.2, 0) is 19.1 Å². The van der Waals surface area contributed by atoms with Gasteiger partial charge in [-0.05, 0) is 0 Å². The first-order valence-corrected chi connectivity index (χ1v) is 11.5. The van der Waals surface area contributed by atoms with E-state index < -0.39 is 13.5 Å². The Morgan fingerprint density at radius 2 is 1.87 bits per heavy atom. The van der Waals surface area contributed by atoms with Crippen molar-refractivity contribution in [2.75, 3.05) is 12.4 Å². The zero-order chi connectivity index (χ0) is 11.8. The van der Waals surface area contributed by atoms with Crippen LogP contribution < -0.4 is 0 Å². The minimum absolute atomic E-state index is 0.157. The third-order valence-electron chi connectivity index (χ3n) is 1.32. The molecule has 0 amide bonds. The predicted octanol–water partition coefficient (Wildman–Crippen LogP) is 1.47. The molecule has 0 spiro atoms. The molecule has 0 aromatic rings. The van der Waals surface area contributed by atoms with Gasteiger partial charge in [-0.1, -0.05) is 0 Å². The number of ether oxygens (including phenoxy) is 2. The summed E-state index contributed by atoms with van der Waals surface area (Å²) in [7, 11) is 1.81. The fourth-order valence-electron chi connectivity index (χ4n) is 0.793. The Bertz CT molecular complexity index is 220. The van der Waals surface area contributed by atoms with Crippen LogP contribution in [0.5, 0.6) is 0 Å². The van der Waals surface area contributed by atoms with Crippen LogP contribution in [0.3, 0.4) is 0 Å². The summed E-state index contributed by atoms with van der Waals surface area (Å²) in [4.78, 5) is 21.4. The zero-order valence-electron chi connectivity index (χ0n) is 9.48. The van der Waals surface area contributed by atoms with Crippen LogP contribution >= 0.6 is 10.0 Å². The van der Waals surface area contributed by atoms with Crippen molar-refractivity contribution in [2.45, 2.75) is 31.4 Å². The third-order valence-corrected chi connectivity index (χ3v) is 6.55. The van der Waals surface area contributed by atoms with Crippen molar-refractivity contribution in [2.24, 2.45) is 0 Å². The van der Waals surface area contributed by atoms with Gasteiger partial charge >= 0.3 is 98.3 Å². The molecule has 0 heterocycles. The van der Waals surface area contributed by atoms with Crippen LogP contribution in [0.25, 0.3) is 0 Å². The molecular weight excluding hydrogens is 279 g/mol. The van der Waals surface area contributed by atoms with E-state index in [2.05, 4.69) is 11.4 Å². The molecule has 15 heavy (non-hydrogen) atoms. The molecule has 0 aliphatic carbocycles. The summed E-state index contributed by atoms with van der Waals surface area (Å²) < 4.78 is 9.86. The summed E-state index contributed by atoms with van der Waals surface area (Å²) in [5.74, 6) is 0.0263. The van der Waals surface area contributed by atoms with Gasteiger partial charge in [-0.25, -0.2) is 0 Å². The van der Waals surface area contributed by atoms with Gasteiger partial charge in [-0.3, -0.25) is 0 Å². The van der Waals surface area contributed by atoms with E-state index in [1.807, 2.05) is 10.0 Å². The molecule has 0 rings (SSSR count). The van der Waals surface area contributed by atoms with Gasteiger partial charge in [0.15, 0.2) is 0 Å². The van der Waals surface area contributed by atoms with Gasteiger partial charge in [0.2, 0.25) is 0 Å². The van der Waals surface area contributed by atoms with Crippen molar-refractivity contribution in [3.63, 3.8) is 0 Å². The van der Waals surface area contributed by atoms with Crippen LogP contribution in [0, 0.1) is 0 Å². The van der Waals surface area contributed by atoms with Crippen molar-refractivity contribution in [3.05, 3.63) is 0 Å². The summed E-state index contributed by atoms with van der Waals surface area (Å²) in [6, 6.07) is 0. The molecule has 4 nitrogen and oxygen atoms in total. The number of esters is 2. The first-order chi connectivity index (χ1) is 6.91. The van der Waals surface area contributed by atoms with Crippen LogP contribution in [0.15, 0.2) is 0 Å². The second-order valence-corrected chi connectivity index (χ2v) is 12.6. The quantitative estimate of drug-likeness (QED) is 0.549. The molecule has 0 fully saturated rings. The fourth-order valence-corrected chi connectivity index (χ4v) is 4.35. The number of hydrogen-bond acceptors (Lipinski definition) is 5. The molecule has 0 bridgehead atoms. The SMILES string of the molecule is CC(=O)OCC(CS[As](C)C)OC(C)=O. The number of rotatable bonds is 6. The van der Waals surface area contributed by atoms with Crippen molar-refractivity contribution in [1.82, 2.24) is 0 Å². The molecule has 0 aromatic carbocycles. The van der Waals surface area contributed by atoms with Gasteiger partial charge in [-0.2, -0.15) is 0 Å². The monoisotopic (exact) mass is 296 g/mol.